The van der Waals surface area contributed by atoms with E-state index in [1.807, 2.05) is 17.9 Å². The summed E-state index contributed by atoms with van der Waals surface area (Å²) in [7, 11) is 2.11. The van der Waals surface area contributed by atoms with Gasteiger partial charge in [-0.2, -0.15) is 0 Å². The summed E-state index contributed by atoms with van der Waals surface area (Å²) in [5.74, 6) is 2.18. The molecule has 1 amide bonds. The minimum absolute atomic E-state index is 0.186. The van der Waals surface area contributed by atoms with Crippen LogP contribution in [0.4, 0.5) is 0 Å². The predicted octanol–water partition coefficient (Wildman–Crippen LogP) is 1.48. The molecule has 3 aliphatic rings. The van der Waals surface area contributed by atoms with Crippen LogP contribution in [0.15, 0.2) is 16.5 Å². The lowest BCUT2D eigenvalue weighted by Gasteiger charge is -2.39. The molecule has 138 valence electrons. The third kappa shape index (κ3) is 3.61. The van der Waals surface area contributed by atoms with E-state index in [9.17, 15) is 4.79 Å². The van der Waals surface area contributed by atoms with Crippen LogP contribution >= 0.6 is 0 Å². The summed E-state index contributed by atoms with van der Waals surface area (Å²) in [6.07, 6.45) is 2.83. The average molecular weight is 347 g/mol. The Bertz CT molecular complexity index is 609. The van der Waals surface area contributed by atoms with Crippen LogP contribution in [0.1, 0.15) is 30.8 Å². The van der Waals surface area contributed by atoms with Crippen molar-refractivity contribution in [2.45, 2.75) is 51.0 Å². The third-order valence-corrected chi connectivity index (χ3v) is 5.91. The first-order valence-electron chi connectivity index (χ1n) is 9.52. The number of carbonyl (C=O) groups is 1. The quantitative estimate of drug-likeness (QED) is 0.829. The highest BCUT2D eigenvalue weighted by molar-refractivity contribution is 5.81. The van der Waals surface area contributed by atoms with E-state index < -0.39 is 0 Å². The molecule has 6 nitrogen and oxygen atoms in total. The second-order valence-corrected chi connectivity index (χ2v) is 7.71. The standard InChI is InChI=1S/C19H29N3O3/c1-14-3-4-15(24-14)13-22-8-7-17-16(22)5-6-18(25-17)19(23)21-11-9-20(2)10-12-21/h3-4,16-18H,5-13H2,1-2H3/t16-,17-,18+/m1/s1. The molecule has 4 rings (SSSR count). The summed E-state index contributed by atoms with van der Waals surface area (Å²) in [5.41, 5.74) is 0. The number of likely N-dealkylation sites (tertiary alicyclic amines) is 1. The molecule has 1 aromatic heterocycles. The Kier molecular flexibility index (Phi) is 4.84. The summed E-state index contributed by atoms with van der Waals surface area (Å²) >= 11 is 0. The van der Waals surface area contributed by atoms with Gasteiger partial charge in [-0.25, -0.2) is 0 Å². The highest BCUT2D eigenvalue weighted by Gasteiger charge is 2.42. The van der Waals surface area contributed by atoms with Gasteiger partial charge in [0.05, 0.1) is 12.6 Å². The second-order valence-electron chi connectivity index (χ2n) is 7.71. The van der Waals surface area contributed by atoms with Gasteiger partial charge in [-0.05, 0) is 45.4 Å². The van der Waals surface area contributed by atoms with Gasteiger partial charge in [0.1, 0.15) is 17.6 Å². The number of hydrogen-bond donors (Lipinski definition) is 0. The zero-order valence-corrected chi connectivity index (χ0v) is 15.3. The number of fused-ring (bicyclic) bond motifs is 1. The zero-order chi connectivity index (χ0) is 17.4. The van der Waals surface area contributed by atoms with Gasteiger partial charge in [0.2, 0.25) is 0 Å². The smallest absolute Gasteiger partial charge is 0.251 e. The van der Waals surface area contributed by atoms with Gasteiger partial charge < -0.3 is 19.0 Å². The topological polar surface area (TPSA) is 49.2 Å². The molecule has 6 heteroatoms. The number of furan rings is 1. The molecule has 3 fully saturated rings. The van der Waals surface area contributed by atoms with Gasteiger partial charge >= 0.3 is 0 Å². The number of likely N-dealkylation sites (N-methyl/N-ethyl adjacent to an activating group) is 1. The van der Waals surface area contributed by atoms with E-state index in [2.05, 4.69) is 22.9 Å². The van der Waals surface area contributed by atoms with Crippen LogP contribution in [0.5, 0.6) is 0 Å². The number of ether oxygens (including phenoxy) is 1. The fourth-order valence-corrected chi connectivity index (χ4v) is 4.39. The van der Waals surface area contributed by atoms with E-state index in [1.165, 1.54) is 0 Å². The second kappa shape index (κ2) is 7.09. The van der Waals surface area contributed by atoms with Crippen molar-refractivity contribution in [1.82, 2.24) is 14.7 Å². The molecule has 0 aromatic carbocycles. The molecule has 0 unspecified atom stereocenters. The van der Waals surface area contributed by atoms with E-state index >= 15 is 0 Å². The molecule has 4 heterocycles. The molecule has 0 bridgehead atoms. The van der Waals surface area contributed by atoms with Crippen molar-refractivity contribution >= 4 is 5.91 Å². The van der Waals surface area contributed by atoms with Gasteiger partial charge in [-0.1, -0.05) is 0 Å². The van der Waals surface area contributed by atoms with Gasteiger partial charge in [0, 0.05) is 38.8 Å². The molecular weight excluding hydrogens is 318 g/mol. The lowest BCUT2D eigenvalue weighted by Crippen LogP contribution is -2.53. The van der Waals surface area contributed by atoms with Crippen molar-refractivity contribution in [2.75, 3.05) is 39.8 Å². The van der Waals surface area contributed by atoms with Crippen LogP contribution < -0.4 is 0 Å². The number of carbonyl (C=O) groups excluding carboxylic acids is 1. The number of rotatable bonds is 3. The molecule has 3 aliphatic heterocycles. The Labute approximate surface area is 149 Å². The van der Waals surface area contributed by atoms with Crippen molar-refractivity contribution in [1.29, 1.82) is 0 Å². The van der Waals surface area contributed by atoms with Crippen LogP contribution in [-0.4, -0.2) is 78.6 Å². The Morgan fingerprint density at radius 2 is 1.92 bits per heavy atom. The molecule has 0 aliphatic carbocycles. The largest absolute Gasteiger partial charge is 0.465 e. The summed E-state index contributed by atoms with van der Waals surface area (Å²) in [4.78, 5) is 19.5. The van der Waals surface area contributed by atoms with Crippen molar-refractivity contribution < 1.29 is 13.9 Å². The van der Waals surface area contributed by atoms with Gasteiger partial charge in [-0.3, -0.25) is 9.69 Å². The molecule has 3 saturated heterocycles. The van der Waals surface area contributed by atoms with Crippen LogP contribution in [0.3, 0.4) is 0 Å². The van der Waals surface area contributed by atoms with E-state index in [-0.39, 0.29) is 18.1 Å². The van der Waals surface area contributed by atoms with Gasteiger partial charge in [-0.15, -0.1) is 0 Å². The fourth-order valence-electron chi connectivity index (χ4n) is 4.39. The first-order chi connectivity index (χ1) is 12.1. The lowest BCUT2D eigenvalue weighted by atomic mass is 9.98. The maximum Gasteiger partial charge on any atom is 0.251 e. The highest BCUT2D eigenvalue weighted by atomic mass is 16.5. The van der Waals surface area contributed by atoms with E-state index in [0.29, 0.717) is 6.04 Å². The van der Waals surface area contributed by atoms with Crippen LogP contribution in [0.25, 0.3) is 0 Å². The summed E-state index contributed by atoms with van der Waals surface area (Å²) in [5, 5.41) is 0. The number of hydrogen-bond acceptors (Lipinski definition) is 5. The predicted molar refractivity (Wildman–Crippen MR) is 94.2 cm³/mol. The summed E-state index contributed by atoms with van der Waals surface area (Å²) in [6.45, 7) is 7.41. The van der Waals surface area contributed by atoms with Gasteiger partial charge in [0.15, 0.2) is 0 Å². The van der Waals surface area contributed by atoms with Crippen molar-refractivity contribution in [3.8, 4) is 0 Å². The highest BCUT2D eigenvalue weighted by Crippen LogP contribution is 2.33. The van der Waals surface area contributed by atoms with E-state index in [0.717, 1.165) is 70.1 Å². The van der Waals surface area contributed by atoms with E-state index in [4.69, 9.17) is 9.15 Å². The SMILES string of the molecule is Cc1ccc(CN2CC[C@H]3O[C@H](C(=O)N4CCN(C)CC4)CC[C@H]32)o1. The number of aryl methyl sites for hydroxylation is 1. The average Bonchev–Trinajstić information content (AvgIpc) is 3.21. The zero-order valence-electron chi connectivity index (χ0n) is 15.3. The Morgan fingerprint density at radius 3 is 2.64 bits per heavy atom. The first kappa shape index (κ1) is 17.1. The maximum absolute atomic E-state index is 12.8. The van der Waals surface area contributed by atoms with Crippen molar-refractivity contribution in [2.24, 2.45) is 0 Å². The minimum atomic E-state index is -0.240. The lowest BCUT2D eigenvalue weighted by molar-refractivity contribution is -0.156. The Hall–Kier alpha value is -1.37. The Morgan fingerprint density at radius 1 is 1.12 bits per heavy atom. The molecule has 0 radical (unpaired) electrons. The van der Waals surface area contributed by atoms with E-state index in [1.54, 1.807) is 0 Å². The normalized spacial score (nSPS) is 31.3. The monoisotopic (exact) mass is 347 g/mol. The van der Waals surface area contributed by atoms with Crippen molar-refractivity contribution in [3.63, 3.8) is 0 Å². The minimum Gasteiger partial charge on any atom is -0.465 e. The molecule has 0 N–H and O–H groups in total. The number of nitrogens with zero attached hydrogens (tertiary/aromatic N) is 3. The molecule has 3 atom stereocenters. The Balaban J connectivity index is 1.33. The molecule has 0 saturated carbocycles. The molecule has 0 spiro atoms. The number of piperazine rings is 1. The van der Waals surface area contributed by atoms with Gasteiger partial charge in [0.25, 0.3) is 5.91 Å². The first-order valence-corrected chi connectivity index (χ1v) is 9.52. The molecular formula is C19H29N3O3. The number of amides is 1. The summed E-state index contributed by atoms with van der Waals surface area (Å²) in [6, 6.07) is 4.50. The van der Waals surface area contributed by atoms with Crippen molar-refractivity contribution in [3.05, 3.63) is 23.7 Å². The third-order valence-electron chi connectivity index (χ3n) is 5.91. The van der Waals surface area contributed by atoms with Crippen LogP contribution in [0, 0.1) is 6.92 Å². The molecule has 25 heavy (non-hydrogen) atoms. The summed E-state index contributed by atoms with van der Waals surface area (Å²) < 4.78 is 12.0. The van der Waals surface area contributed by atoms with Crippen LogP contribution in [0.2, 0.25) is 0 Å². The molecule has 1 aromatic rings. The van der Waals surface area contributed by atoms with Crippen LogP contribution in [-0.2, 0) is 16.1 Å². The fraction of sp³-hybridized carbons (Fsp3) is 0.737. The maximum atomic E-state index is 12.8.